The number of nitrogens with zero attached hydrogens (tertiary/aromatic N) is 1. The van der Waals surface area contributed by atoms with Crippen LogP contribution in [0.5, 0.6) is 5.75 Å². The third-order valence-electron chi connectivity index (χ3n) is 3.18. The zero-order chi connectivity index (χ0) is 15.9. The van der Waals surface area contributed by atoms with Crippen molar-refractivity contribution in [3.63, 3.8) is 0 Å². The van der Waals surface area contributed by atoms with Gasteiger partial charge in [0, 0.05) is 17.9 Å². The van der Waals surface area contributed by atoms with Gasteiger partial charge in [0.15, 0.2) is 5.76 Å². The Morgan fingerprint density at radius 1 is 1.36 bits per heavy atom. The van der Waals surface area contributed by atoms with Crippen LogP contribution in [-0.2, 0) is 0 Å². The van der Waals surface area contributed by atoms with E-state index in [-0.39, 0.29) is 5.91 Å². The van der Waals surface area contributed by atoms with Crippen molar-refractivity contribution in [2.45, 2.75) is 13.8 Å². The second-order valence-electron chi connectivity index (χ2n) is 4.65. The fourth-order valence-corrected chi connectivity index (χ4v) is 2.58. The van der Waals surface area contributed by atoms with Crippen molar-refractivity contribution >= 4 is 17.7 Å². The molecule has 0 saturated carbocycles. The Kier molecular flexibility index (Phi) is 5.89. The van der Waals surface area contributed by atoms with E-state index >= 15 is 0 Å². The lowest BCUT2D eigenvalue weighted by atomic mass is 10.1. The van der Waals surface area contributed by atoms with Gasteiger partial charge in [0.2, 0.25) is 0 Å². The molecule has 0 aliphatic heterocycles. The van der Waals surface area contributed by atoms with Crippen LogP contribution in [0.25, 0.3) is 11.3 Å². The first kappa shape index (κ1) is 16.4. The quantitative estimate of drug-likeness (QED) is 0.794. The van der Waals surface area contributed by atoms with Gasteiger partial charge in [0.25, 0.3) is 5.91 Å². The molecule has 1 heterocycles. The first-order valence-corrected chi connectivity index (χ1v) is 8.29. The first-order valence-electron chi connectivity index (χ1n) is 7.14. The van der Waals surface area contributed by atoms with E-state index in [1.54, 1.807) is 25.8 Å². The summed E-state index contributed by atoms with van der Waals surface area (Å²) in [7, 11) is 1.61. The summed E-state index contributed by atoms with van der Waals surface area (Å²) in [5.74, 6) is 3.02. The Labute approximate surface area is 134 Å². The van der Waals surface area contributed by atoms with Crippen molar-refractivity contribution in [3.05, 3.63) is 35.5 Å². The Balaban J connectivity index is 2.17. The Hall–Kier alpha value is -1.95. The molecule has 1 amide bonds. The molecular weight excluding hydrogens is 300 g/mol. The third-order valence-corrected chi connectivity index (χ3v) is 4.08. The summed E-state index contributed by atoms with van der Waals surface area (Å²) in [6.45, 7) is 4.49. The molecule has 0 aliphatic carbocycles. The number of methoxy groups -OCH3 is 1. The van der Waals surface area contributed by atoms with Gasteiger partial charge in [-0.2, -0.15) is 11.8 Å². The lowest BCUT2D eigenvalue weighted by Crippen LogP contribution is -2.26. The second-order valence-corrected chi connectivity index (χ2v) is 6.05. The van der Waals surface area contributed by atoms with Crippen molar-refractivity contribution in [1.82, 2.24) is 10.5 Å². The van der Waals surface area contributed by atoms with Gasteiger partial charge in [-0.1, -0.05) is 12.1 Å². The third kappa shape index (κ3) is 3.82. The van der Waals surface area contributed by atoms with E-state index in [4.69, 9.17) is 9.26 Å². The van der Waals surface area contributed by atoms with E-state index in [1.807, 2.05) is 24.3 Å². The summed E-state index contributed by atoms with van der Waals surface area (Å²) in [6, 6.07) is 7.35. The fraction of sp³-hybridized carbons (Fsp3) is 0.375. The minimum atomic E-state index is -0.152. The summed E-state index contributed by atoms with van der Waals surface area (Å²) >= 11 is 1.79. The molecule has 118 valence electrons. The first-order chi connectivity index (χ1) is 10.7. The average molecular weight is 320 g/mol. The van der Waals surface area contributed by atoms with Gasteiger partial charge in [0.05, 0.1) is 12.8 Å². The summed E-state index contributed by atoms with van der Waals surface area (Å²) in [4.78, 5) is 12.4. The normalized spacial score (nSPS) is 10.5. The summed E-state index contributed by atoms with van der Waals surface area (Å²) in [6.07, 6.45) is 0. The lowest BCUT2D eigenvalue weighted by molar-refractivity contribution is 0.0956. The van der Waals surface area contributed by atoms with E-state index in [1.165, 1.54) is 0 Å². The number of rotatable bonds is 7. The highest BCUT2D eigenvalue weighted by Crippen LogP contribution is 2.27. The smallest absolute Gasteiger partial charge is 0.257 e. The largest absolute Gasteiger partial charge is 0.497 e. The van der Waals surface area contributed by atoms with Crippen LogP contribution < -0.4 is 10.1 Å². The van der Waals surface area contributed by atoms with Crippen LogP contribution in [-0.4, -0.2) is 36.2 Å². The van der Waals surface area contributed by atoms with Gasteiger partial charge in [-0.25, -0.2) is 0 Å². The number of hydrogen-bond acceptors (Lipinski definition) is 5. The molecule has 1 N–H and O–H groups in total. The number of carbonyl (C=O) groups excluding carboxylic acids is 1. The highest BCUT2D eigenvalue weighted by molar-refractivity contribution is 7.99. The summed E-state index contributed by atoms with van der Waals surface area (Å²) in [5, 5.41) is 6.84. The minimum Gasteiger partial charge on any atom is -0.497 e. The van der Waals surface area contributed by atoms with E-state index in [9.17, 15) is 4.79 Å². The second kappa shape index (κ2) is 7.89. The molecule has 0 saturated heterocycles. The maximum absolute atomic E-state index is 12.4. The Morgan fingerprint density at radius 2 is 2.09 bits per heavy atom. The number of thioether (sulfide) groups is 1. The van der Waals surface area contributed by atoms with Crippen LogP contribution in [0.15, 0.2) is 28.8 Å². The summed E-state index contributed by atoms with van der Waals surface area (Å²) in [5.41, 5.74) is 1.88. The van der Waals surface area contributed by atoms with Gasteiger partial charge in [0.1, 0.15) is 11.3 Å². The van der Waals surface area contributed by atoms with Crippen LogP contribution in [0.4, 0.5) is 0 Å². The molecule has 0 spiro atoms. The molecule has 0 unspecified atom stereocenters. The number of nitrogens with one attached hydrogen (secondary N) is 1. The Morgan fingerprint density at radius 3 is 2.73 bits per heavy atom. The van der Waals surface area contributed by atoms with Gasteiger partial charge in [-0.15, -0.1) is 0 Å². The summed E-state index contributed by atoms with van der Waals surface area (Å²) < 4.78 is 10.5. The van der Waals surface area contributed by atoms with Crippen molar-refractivity contribution in [2.75, 3.05) is 25.2 Å². The molecule has 0 bridgehead atoms. The van der Waals surface area contributed by atoms with Crippen molar-refractivity contribution in [2.24, 2.45) is 0 Å². The molecular formula is C16H20N2O3S. The van der Waals surface area contributed by atoms with Crippen LogP contribution >= 0.6 is 11.8 Å². The average Bonchev–Trinajstić information content (AvgIpc) is 2.93. The minimum absolute atomic E-state index is 0.152. The van der Waals surface area contributed by atoms with Crippen LogP contribution in [0.3, 0.4) is 0 Å². The van der Waals surface area contributed by atoms with Crippen LogP contribution in [0.1, 0.15) is 23.0 Å². The molecule has 5 nitrogen and oxygen atoms in total. The maximum atomic E-state index is 12.4. The van der Waals surface area contributed by atoms with Crippen LogP contribution in [0.2, 0.25) is 0 Å². The molecule has 0 radical (unpaired) electrons. The predicted octanol–water partition coefficient (Wildman–Crippen LogP) is 3.14. The highest BCUT2D eigenvalue weighted by Gasteiger charge is 2.21. The molecule has 1 aromatic heterocycles. The van der Waals surface area contributed by atoms with Gasteiger partial charge < -0.3 is 14.6 Å². The molecule has 0 atom stereocenters. The number of ether oxygens (including phenoxy) is 1. The van der Waals surface area contributed by atoms with Crippen molar-refractivity contribution in [3.8, 4) is 17.1 Å². The molecule has 22 heavy (non-hydrogen) atoms. The fourth-order valence-electron chi connectivity index (χ4n) is 2.05. The number of amides is 1. The topological polar surface area (TPSA) is 64.4 Å². The number of hydrogen-bond donors (Lipinski definition) is 1. The van der Waals surface area contributed by atoms with Crippen molar-refractivity contribution in [1.29, 1.82) is 0 Å². The van der Waals surface area contributed by atoms with E-state index in [0.717, 1.165) is 22.8 Å². The number of aryl methyl sites for hydroxylation is 1. The number of carbonyl (C=O) groups is 1. The Bertz CT molecular complexity index is 623. The van der Waals surface area contributed by atoms with E-state index in [0.29, 0.717) is 23.6 Å². The number of aromatic nitrogens is 1. The molecule has 1 aromatic carbocycles. The van der Waals surface area contributed by atoms with Gasteiger partial charge in [-0.3, -0.25) is 4.79 Å². The number of benzene rings is 1. The van der Waals surface area contributed by atoms with Crippen LogP contribution in [0, 0.1) is 6.92 Å². The predicted molar refractivity (Wildman–Crippen MR) is 88.6 cm³/mol. The van der Waals surface area contributed by atoms with E-state index in [2.05, 4.69) is 17.4 Å². The molecule has 0 fully saturated rings. The SMILES string of the molecule is CCSCCNC(=O)c1c(C)noc1-c1ccc(OC)cc1. The van der Waals surface area contributed by atoms with E-state index < -0.39 is 0 Å². The maximum Gasteiger partial charge on any atom is 0.257 e. The molecule has 2 aromatic rings. The van der Waals surface area contributed by atoms with Crippen molar-refractivity contribution < 1.29 is 14.1 Å². The monoisotopic (exact) mass is 320 g/mol. The van der Waals surface area contributed by atoms with Gasteiger partial charge >= 0.3 is 0 Å². The highest BCUT2D eigenvalue weighted by atomic mass is 32.2. The molecule has 0 aliphatic rings. The molecule has 2 rings (SSSR count). The zero-order valence-corrected chi connectivity index (χ0v) is 13.8. The van der Waals surface area contributed by atoms with Gasteiger partial charge in [-0.05, 0) is 36.9 Å². The molecule has 6 heteroatoms. The standard InChI is InChI=1S/C16H20N2O3S/c1-4-22-10-9-17-16(19)14-11(2)18-21-15(14)12-5-7-13(20-3)8-6-12/h5-8H,4,9-10H2,1-3H3,(H,17,19). The lowest BCUT2D eigenvalue weighted by Gasteiger charge is -2.06. The zero-order valence-electron chi connectivity index (χ0n) is 13.0.